The molecule has 0 amide bonds. The second-order valence-corrected chi connectivity index (χ2v) is 6.35. The molecule has 0 aliphatic carbocycles. The summed E-state index contributed by atoms with van der Waals surface area (Å²) in [6, 6.07) is 9.11. The van der Waals surface area contributed by atoms with Gasteiger partial charge in [0.25, 0.3) is 0 Å². The van der Waals surface area contributed by atoms with Crippen molar-refractivity contribution < 1.29 is 0 Å². The van der Waals surface area contributed by atoms with Crippen LogP contribution in [0.25, 0.3) is 0 Å². The van der Waals surface area contributed by atoms with Crippen LogP contribution in [-0.2, 0) is 0 Å². The quantitative estimate of drug-likeness (QED) is 0.792. The Bertz CT molecular complexity index is 370. The molecule has 1 rings (SSSR count). The van der Waals surface area contributed by atoms with E-state index < -0.39 is 0 Å². The van der Waals surface area contributed by atoms with Crippen molar-refractivity contribution in [3.05, 3.63) is 35.4 Å². The van der Waals surface area contributed by atoms with E-state index in [1.807, 2.05) is 0 Å². The summed E-state index contributed by atoms with van der Waals surface area (Å²) in [4.78, 5) is 4.76. The Hall–Kier alpha value is -0.900. The number of nitrogens with two attached hydrogens (primary N) is 1. The molecule has 0 saturated carbocycles. The smallest absolute Gasteiger partial charge is 0.0471 e. The highest BCUT2D eigenvalue weighted by Crippen LogP contribution is 2.21. The van der Waals surface area contributed by atoms with E-state index in [1.54, 1.807) is 0 Å². The average Bonchev–Trinajstić information content (AvgIpc) is 2.38. The van der Waals surface area contributed by atoms with Gasteiger partial charge in [0.05, 0.1) is 0 Å². The number of aryl methyl sites for hydroxylation is 1. The van der Waals surface area contributed by atoms with Crippen LogP contribution in [0.4, 0.5) is 0 Å². The topological polar surface area (TPSA) is 32.5 Å². The largest absolute Gasteiger partial charge is 0.329 e. The van der Waals surface area contributed by atoms with Gasteiger partial charge in [-0.1, -0.05) is 43.7 Å². The minimum Gasteiger partial charge on any atom is -0.329 e. The molecule has 0 heterocycles. The van der Waals surface area contributed by atoms with Crippen LogP contribution in [0.1, 0.15) is 31.0 Å². The molecule has 1 atom stereocenters. The van der Waals surface area contributed by atoms with Crippen LogP contribution in [0.3, 0.4) is 0 Å². The molecule has 3 heteroatoms. The maximum Gasteiger partial charge on any atom is 0.0471 e. The summed E-state index contributed by atoms with van der Waals surface area (Å²) in [5.74, 6) is 0.650. The predicted molar refractivity (Wildman–Crippen MR) is 87.9 cm³/mol. The minimum absolute atomic E-state index is 0.318. The first-order valence-electron chi connectivity index (χ1n) is 7.59. The van der Waals surface area contributed by atoms with Crippen LogP contribution < -0.4 is 5.73 Å². The zero-order valence-corrected chi connectivity index (χ0v) is 13.8. The average molecular weight is 277 g/mol. The summed E-state index contributed by atoms with van der Waals surface area (Å²) in [7, 11) is 4.24. The normalized spacial score (nSPS) is 13.4. The molecule has 0 aromatic heterocycles. The molecule has 20 heavy (non-hydrogen) atoms. The molecule has 2 N–H and O–H groups in total. The lowest BCUT2D eigenvalue weighted by atomic mass is 10.0. The third-order valence-electron chi connectivity index (χ3n) is 3.56. The minimum atomic E-state index is 0.318. The molecule has 114 valence electrons. The van der Waals surface area contributed by atoms with Crippen LogP contribution in [0.15, 0.2) is 24.3 Å². The van der Waals surface area contributed by atoms with Crippen LogP contribution >= 0.6 is 0 Å². The van der Waals surface area contributed by atoms with Crippen LogP contribution in [0, 0.1) is 12.8 Å². The summed E-state index contributed by atoms with van der Waals surface area (Å²) >= 11 is 0. The molecule has 3 nitrogen and oxygen atoms in total. The van der Waals surface area contributed by atoms with E-state index in [0.29, 0.717) is 18.5 Å². The molecule has 1 aromatic carbocycles. The first kappa shape index (κ1) is 17.2. The molecule has 1 unspecified atom stereocenters. The molecular formula is C17H31N3. The van der Waals surface area contributed by atoms with Crippen molar-refractivity contribution in [3.63, 3.8) is 0 Å². The highest BCUT2D eigenvalue weighted by Gasteiger charge is 2.19. The van der Waals surface area contributed by atoms with E-state index in [1.165, 1.54) is 11.1 Å². The van der Waals surface area contributed by atoms with Crippen molar-refractivity contribution in [2.45, 2.75) is 26.8 Å². The van der Waals surface area contributed by atoms with Gasteiger partial charge in [0.2, 0.25) is 0 Å². The maximum atomic E-state index is 6.07. The highest BCUT2D eigenvalue weighted by molar-refractivity contribution is 5.24. The Morgan fingerprint density at radius 3 is 2.10 bits per heavy atom. The van der Waals surface area contributed by atoms with Crippen molar-refractivity contribution in [1.82, 2.24) is 9.80 Å². The number of hydrogen-bond donors (Lipinski definition) is 1. The molecule has 0 saturated heterocycles. The van der Waals surface area contributed by atoms with Gasteiger partial charge in [0, 0.05) is 32.2 Å². The summed E-state index contributed by atoms with van der Waals surface area (Å²) in [5, 5.41) is 0. The number of hydrogen-bond acceptors (Lipinski definition) is 3. The number of nitrogens with zero attached hydrogens (tertiary/aromatic N) is 2. The number of rotatable bonds is 8. The second-order valence-electron chi connectivity index (χ2n) is 6.35. The van der Waals surface area contributed by atoms with Gasteiger partial charge in [0.1, 0.15) is 0 Å². The van der Waals surface area contributed by atoms with Crippen molar-refractivity contribution in [1.29, 1.82) is 0 Å². The lowest BCUT2D eigenvalue weighted by Gasteiger charge is -2.33. The molecule has 1 aromatic rings. The highest BCUT2D eigenvalue weighted by atomic mass is 15.2. The van der Waals surface area contributed by atoms with Crippen molar-refractivity contribution >= 4 is 0 Å². The summed E-state index contributed by atoms with van der Waals surface area (Å²) in [6.45, 7) is 10.5. The number of likely N-dealkylation sites (N-methyl/N-ethyl adjacent to an activating group) is 1. The summed E-state index contributed by atoms with van der Waals surface area (Å²) in [5.41, 5.74) is 8.70. The van der Waals surface area contributed by atoms with E-state index in [2.05, 4.69) is 68.9 Å². The lowest BCUT2D eigenvalue weighted by Crippen LogP contribution is -2.40. The van der Waals surface area contributed by atoms with E-state index in [-0.39, 0.29) is 0 Å². The van der Waals surface area contributed by atoms with Crippen LogP contribution in [0.5, 0.6) is 0 Å². The molecule has 0 spiro atoms. The van der Waals surface area contributed by atoms with E-state index in [9.17, 15) is 0 Å². The fourth-order valence-electron chi connectivity index (χ4n) is 2.46. The first-order valence-corrected chi connectivity index (χ1v) is 7.59. The molecule has 0 aliphatic heterocycles. The third kappa shape index (κ3) is 5.61. The Labute approximate surface area is 124 Å². The fourth-order valence-corrected chi connectivity index (χ4v) is 2.46. The fraction of sp³-hybridized carbons (Fsp3) is 0.647. The van der Waals surface area contributed by atoms with E-state index in [0.717, 1.165) is 19.6 Å². The third-order valence-corrected chi connectivity index (χ3v) is 3.56. The van der Waals surface area contributed by atoms with Gasteiger partial charge in [-0.2, -0.15) is 0 Å². The van der Waals surface area contributed by atoms with Gasteiger partial charge >= 0.3 is 0 Å². The Morgan fingerprint density at radius 2 is 1.65 bits per heavy atom. The zero-order valence-electron chi connectivity index (χ0n) is 13.8. The van der Waals surface area contributed by atoms with Gasteiger partial charge in [-0.05, 0) is 32.5 Å². The molecule has 0 aliphatic rings. The molecular weight excluding hydrogens is 246 g/mol. The van der Waals surface area contributed by atoms with Gasteiger partial charge in [-0.3, -0.25) is 4.90 Å². The lowest BCUT2D eigenvalue weighted by molar-refractivity contribution is 0.163. The van der Waals surface area contributed by atoms with Crippen LogP contribution in [-0.4, -0.2) is 50.1 Å². The van der Waals surface area contributed by atoms with Crippen LogP contribution in [0.2, 0.25) is 0 Å². The molecule has 0 bridgehead atoms. The zero-order chi connectivity index (χ0) is 15.1. The maximum absolute atomic E-state index is 6.07. The van der Waals surface area contributed by atoms with Gasteiger partial charge < -0.3 is 10.6 Å². The Kier molecular flexibility index (Phi) is 7.20. The van der Waals surface area contributed by atoms with Crippen molar-refractivity contribution in [2.75, 3.05) is 40.3 Å². The van der Waals surface area contributed by atoms with E-state index in [4.69, 9.17) is 5.73 Å². The van der Waals surface area contributed by atoms with Gasteiger partial charge in [-0.15, -0.1) is 0 Å². The Morgan fingerprint density at radius 1 is 1.05 bits per heavy atom. The SMILES string of the molecule is Cc1ccc(C(CN)N(CCN(C)C)CC(C)C)cc1. The Balaban J connectivity index is 2.85. The number of benzene rings is 1. The standard InChI is InChI=1S/C17H31N3/c1-14(2)13-20(11-10-19(4)5)17(12-18)16-8-6-15(3)7-9-16/h6-9,14,17H,10-13,18H2,1-5H3. The predicted octanol–water partition coefficient (Wildman–Crippen LogP) is 2.51. The summed E-state index contributed by atoms with van der Waals surface area (Å²) in [6.07, 6.45) is 0. The monoisotopic (exact) mass is 277 g/mol. The second kappa shape index (κ2) is 8.40. The van der Waals surface area contributed by atoms with Gasteiger partial charge in [-0.25, -0.2) is 0 Å². The molecule has 0 radical (unpaired) electrons. The van der Waals surface area contributed by atoms with Gasteiger partial charge in [0.15, 0.2) is 0 Å². The van der Waals surface area contributed by atoms with Crippen molar-refractivity contribution in [3.8, 4) is 0 Å². The van der Waals surface area contributed by atoms with E-state index >= 15 is 0 Å². The molecule has 0 fully saturated rings. The van der Waals surface area contributed by atoms with Crippen molar-refractivity contribution in [2.24, 2.45) is 11.7 Å². The first-order chi connectivity index (χ1) is 9.43. The summed E-state index contributed by atoms with van der Waals surface area (Å²) < 4.78 is 0.